The molecule has 0 atom stereocenters. The van der Waals surface area contributed by atoms with Gasteiger partial charge in [0, 0.05) is 63.2 Å². The van der Waals surface area contributed by atoms with Crippen LogP contribution in [0, 0.1) is 0 Å². The normalized spacial score (nSPS) is 11.2. The fraction of sp³-hybridized carbons (Fsp3) is 0. The van der Waals surface area contributed by atoms with Gasteiger partial charge in [-0.25, -0.2) is 0 Å². The molecule has 6 aromatic carbocycles. The summed E-state index contributed by atoms with van der Waals surface area (Å²) in [6, 6.07) is 62.0. The zero-order chi connectivity index (χ0) is 33.3. The zero-order valence-corrected chi connectivity index (χ0v) is 27.3. The first-order valence-electron chi connectivity index (χ1n) is 16.8. The lowest BCUT2D eigenvalue weighted by atomic mass is 10.0. The zero-order valence-electron chi connectivity index (χ0n) is 27.3. The number of aromatic nitrogens is 3. The summed E-state index contributed by atoms with van der Waals surface area (Å²) in [6.45, 7) is 0. The molecule has 0 bridgehead atoms. The molecule has 4 heteroatoms. The number of hydrogen-bond acceptors (Lipinski definition) is 3. The van der Waals surface area contributed by atoms with Crippen molar-refractivity contribution in [2.45, 2.75) is 0 Å². The summed E-state index contributed by atoms with van der Waals surface area (Å²) in [5.41, 5.74) is 13.4. The van der Waals surface area contributed by atoms with Crippen molar-refractivity contribution in [1.29, 1.82) is 0 Å². The van der Waals surface area contributed by atoms with Gasteiger partial charge in [0.15, 0.2) is 0 Å². The van der Waals surface area contributed by atoms with Crippen molar-refractivity contribution < 1.29 is 0 Å². The summed E-state index contributed by atoms with van der Waals surface area (Å²) in [7, 11) is 0. The minimum Gasteiger partial charge on any atom is -0.310 e. The van der Waals surface area contributed by atoms with Crippen LogP contribution < -0.4 is 4.90 Å². The molecule has 0 radical (unpaired) electrons. The average molecular weight is 641 g/mol. The number of benzene rings is 6. The molecular formula is C46H32N4. The predicted octanol–water partition coefficient (Wildman–Crippen LogP) is 12.0. The van der Waals surface area contributed by atoms with Gasteiger partial charge in [-0.1, -0.05) is 109 Å². The van der Waals surface area contributed by atoms with Gasteiger partial charge in [-0.2, -0.15) is 0 Å². The summed E-state index contributed by atoms with van der Waals surface area (Å²) in [5, 5.41) is 2.28. The molecule has 0 fully saturated rings. The van der Waals surface area contributed by atoms with E-state index in [9.17, 15) is 0 Å². The van der Waals surface area contributed by atoms with Gasteiger partial charge in [0.05, 0.1) is 16.7 Å². The van der Waals surface area contributed by atoms with Crippen molar-refractivity contribution in [3.63, 3.8) is 0 Å². The summed E-state index contributed by atoms with van der Waals surface area (Å²) < 4.78 is 2.34. The fourth-order valence-electron chi connectivity index (χ4n) is 6.88. The first kappa shape index (κ1) is 29.4. The van der Waals surface area contributed by atoms with Crippen LogP contribution in [0.2, 0.25) is 0 Å². The maximum absolute atomic E-state index is 4.72. The smallest absolute Gasteiger partial charge is 0.0702 e. The van der Waals surface area contributed by atoms with Crippen molar-refractivity contribution in [2.75, 3.05) is 4.90 Å². The van der Waals surface area contributed by atoms with Crippen LogP contribution in [0.4, 0.5) is 17.1 Å². The van der Waals surface area contributed by atoms with E-state index in [4.69, 9.17) is 4.98 Å². The Labute approximate surface area is 291 Å². The second kappa shape index (κ2) is 12.7. The molecule has 3 aromatic heterocycles. The fourth-order valence-corrected chi connectivity index (χ4v) is 6.88. The quantitative estimate of drug-likeness (QED) is 0.174. The van der Waals surface area contributed by atoms with Crippen LogP contribution in [0.1, 0.15) is 0 Å². The van der Waals surface area contributed by atoms with Crippen molar-refractivity contribution in [2.24, 2.45) is 0 Å². The Morgan fingerprint density at radius 3 is 1.58 bits per heavy atom. The summed E-state index contributed by atoms with van der Waals surface area (Å²) in [4.78, 5) is 11.5. The number of anilines is 3. The lowest BCUT2D eigenvalue weighted by molar-refractivity contribution is 1.17. The van der Waals surface area contributed by atoms with Gasteiger partial charge in [0.1, 0.15) is 0 Å². The molecule has 9 rings (SSSR count). The maximum atomic E-state index is 4.72. The monoisotopic (exact) mass is 640 g/mol. The largest absolute Gasteiger partial charge is 0.310 e. The number of rotatable bonds is 7. The molecular weight excluding hydrogens is 609 g/mol. The van der Waals surface area contributed by atoms with E-state index in [1.165, 1.54) is 11.1 Å². The third-order valence-electron chi connectivity index (χ3n) is 9.35. The Kier molecular flexibility index (Phi) is 7.45. The number of fused-ring (bicyclic) bond motifs is 3. The van der Waals surface area contributed by atoms with Crippen LogP contribution in [0.3, 0.4) is 0 Å². The van der Waals surface area contributed by atoms with Crippen LogP contribution in [-0.4, -0.2) is 14.5 Å². The first-order valence-corrected chi connectivity index (χ1v) is 16.8. The van der Waals surface area contributed by atoms with Crippen molar-refractivity contribution in [1.82, 2.24) is 14.5 Å². The van der Waals surface area contributed by atoms with E-state index in [0.717, 1.165) is 66.9 Å². The Morgan fingerprint density at radius 2 is 0.960 bits per heavy atom. The van der Waals surface area contributed by atoms with Crippen molar-refractivity contribution in [3.8, 4) is 39.2 Å². The minimum atomic E-state index is 0.979. The molecule has 0 spiro atoms. The third-order valence-corrected chi connectivity index (χ3v) is 9.35. The second-order valence-electron chi connectivity index (χ2n) is 12.4. The highest BCUT2D eigenvalue weighted by atomic mass is 15.1. The molecule has 0 aliphatic heterocycles. The first-order chi connectivity index (χ1) is 24.8. The van der Waals surface area contributed by atoms with Crippen LogP contribution in [0.25, 0.3) is 61.0 Å². The van der Waals surface area contributed by atoms with Crippen molar-refractivity contribution >= 4 is 38.9 Å². The van der Waals surface area contributed by atoms with Gasteiger partial charge < -0.3 is 9.47 Å². The van der Waals surface area contributed by atoms with Gasteiger partial charge in [0.2, 0.25) is 0 Å². The maximum Gasteiger partial charge on any atom is 0.0702 e. The van der Waals surface area contributed by atoms with Crippen LogP contribution in [-0.2, 0) is 0 Å². The molecule has 0 aliphatic rings. The van der Waals surface area contributed by atoms with Gasteiger partial charge in [-0.05, 0) is 83.4 Å². The Morgan fingerprint density at radius 1 is 0.400 bits per heavy atom. The molecule has 4 nitrogen and oxygen atoms in total. The molecule has 50 heavy (non-hydrogen) atoms. The number of hydrogen-bond donors (Lipinski definition) is 0. The molecule has 3 heterocycles. The summed E-state index contributed by atoms with van der Waals surface area (Å²) in [6.07, 6.45) is 5.81. The Balaban J connectivity index is 1.04. The van der Waals surface area contributed by atoms with Gasteiger partial charge in [0.25, 0.3) is 0 Å². The molecule has 236 valence electrons. The third kappa shape index (κ3) is 5.39. The molecule has 0 saturated carbocycles. The van der Waals surface area contributed by atoms with E-state index in [1.807, 2.05) is 36.8 Å². The van der Waals surface area contributed by atoms with Crippen molar-refractivity contribution in [3.05, 3.63) is 195 Å². The topological polar surface area (TPSA) is 34.0 Å². The van der Waals surface area contributed by atoms with Gasteiger partial charge >= 0.3 is 0 Å². The van der Waals surface area contributed by atoms with Crippen LogP contribution in [0.15, 0.2) is 195 Å². The van der Waals surface area contributed by atoms with Crippen LogP contribution in [0.5, 0.6) is 0 Å². The van der Waals surface area contributed by atoms with E-state index in [2.05, 4.69) is 172 Å². The van der Waals surface area contributed by atoms with E-state index >= 15 is 0 Å². The van der Waals surface area contributed by atoms with Gasteiger partial charge in [-0.15, -0.1) is 0 Å². The lowest BCUT2D eigenvalue weighted by Crippen LogP contribution is -2.09. The molecule has 0 N–H and O–H groups in total. The Hall–Kier alpha value is -6.78. The minimum absolute atomic E-state index is 0.979. The van der Waals surface area contributed by atoms with E-state index < -0.39 is 0 Å². The number of nitrogens with zero attached hydrogens (tertiary/aromatic N) is 4. The summed E-state index contributed by atoms with van der Waals surface area (Å²) in [5.74, 6) is 0. The molecule has 0 amide bonds. The molecule has 9 aromatic rings. The number of para-hydroxylation sites is 2. The summed E-state index contributed by atoms with van der Waals surface area (Å²) >= 11 is 0. The second-order valence-corrected chi connectivity index (χ2v) is 12.4. The standard InChI is InChI=1S/C46H32N4/c1-4-10-36(11-5-1)44-26-22-37(31-48-44)35-18-16-33(17-19-35)34-20-23-40(24-21-34)50-45-27-25-41(30-42(45)43-32-47-29-28-46(43)50)49(38-12-6-2-7-13-38)39-14-8-3-9-15-39/h1-32H. The molecule has 0 saturated heterocycles. The van der Waals surface area contributed by atoms with E-state index in [1.54, 1.807) is 0 Å². The highest BCUT2D eigenvalue weighted by molar-refractivity contribution is 6.10. The average Bonchev–Trinajstić information content (AvgIpc) is 3.53. The number of pyridine rings is 2. The lowest BCUT2D eigenvalue weighted by Gasteiger charge is -2.25. The highest BCUT2D eigenvalue weighted by Crippen LogP contribution is 2.39. The molecule has 0 unspecified atom stereocenters. The predicted molar refractivity (Wildman–Crippen MR) is 207 cm³/mol. The SMILES string of the molecule is c1ccc(-c2ccc(-c3ccc(-c4ccc(-n5c6ccncc6c6cc(N(c7ccccc7)c7ccccc7)ccc65)cc4)cc3)cn2)cc1. The van der Waals surface area contributed by atoms with E-state index in [-0.39, 0.29) is 0 Å². The van der Waals surface area contributed by atoms with Gasteiger partial charge in [-0.3, -0.25) is 9.97 Å². The Bertz CT molecular complexity index is 2500. The highest BCUT2D eigenvalue weighted by Gasteiger charge is 2.17. The van der Waals surface area contributed by atoms with Crippen LogP contribution >= 0.6 is 0 Å². The van der Waals surface area contributed by atoms with E-state index in [0.29, 0.717) is 0 Å². The molecule has 0 aliphatic carbocycles.